The summed E-state index contributed by atoms with van der Waals surface area (Å²) < 4.78 is 34.7. The highest BCUT2D eigenvalue weighted by atomic mass is 35.5. The van der Waals surface area contributed by atoms with Gasteiger partial charge in [-0.2, -0.15) is 0 Å². The smallest absolute Gasteiger partial charge is 0.179 e. The van der Waals surface area contributed by atoms with Crippen molar-refractivity contribution in [3.8, 4) is 11.5 Å². The molecule has 2 N–H and O–H groups in total. The molecule has 0 heterocycles. The monoisotopic (exact) mass is 413 g/mol. The normalized spacial score (nSPS) is 12.6. The number of hydrogen-bond acceptors (Lipinski definition) is 6. The third kappa shape index (κ3) is 7.38. The lowest BCUT2D eigenvalue weighted by molar-refractivity contribution is 0.104. The fraction of sp³-hybridized carbons (Fsp3) is 0.368. The van der Waals surface area contributed by atoms with Crippen LogP contribution in [-0.2, 0) is 9.84 Å². The van der Waals surface area contributed by atoms with E-state index >= 15 is 0 Å². The van der Waals surface area contributed by atoms with Gasteiger partial charge in [-0.25, -0.2) is 8.42 Å². The van der Waals surface area contributed by atoms with E-state index in [0.29, 0.717) is 30.5 Å². The molecule has 0 amide bonds. The van der Waals surface area contributed by atoms with Crippen molar-refractivity contribution in [1.29, 1.82) is 0 Å². The van der Waals surface area contributed by atoms with Gasteiger partial charge in [0, 0.05) is 24.4 Å². The van der Waals surface area contributed by atoms with Crippen LogP contribution < -0.4 is 14.8 Å². The minimum absolute atomic E-state index is 0.0197. The summed E-state index contributed by atoms with van der Waals surface area (Å²) in [4.78, 5) is 0.114. The first-order chi connectivity index (χ1) is 12.8. The van der Waals surface area contributed by atoms with E-state index in [0.717, 1.165) is 11.8 Å². The molecule has 0 aromatic heterocycles. The van der Waals surface area contributed by atoms with Gasteiger partial charge in [0.05, 0.1) is 0 Å². The van der Waals surface area contributed by atoms with Gasteiger partial charge in [-0.15, -0.1) is 0 Å². The summed E-state index contributed by atoms with van der Waals surface area (Å²) in [5.41, 5.74) is 0.878. The first kappa shape index (κ1) is 21.5. The topological polar surface area (TPSA) is 84.9 Å². The van der Waals surface area contributed by atoms with Crippen molar-refractivity contribution in [2.45, 2.75) is 17.9 Å². The number of ether oxygens (including phenoxy) is 2. The summed E-state index contributed by atoms with van der Waals surface area (Å²) in [6.45, 7) is 3.07. The zero-order valence-corrected chi connectivity index (χ0v) is 16.9. The highest BCUT2D eigenvalue weighted by molar-refractivity contribution is 7.90. The Morgan fingerprint density at radius 3 is 2.67 bits per heavy atom. The molecular weight excluding hydrogens is 390 g/mol. The largest absolute Gasteiger partial charge is 0.492 e. The number of aliphatic hydroxyl groups is 1. The van der Waals surface area contributed by atoms with Gasteiger partial charge in [-0.05, 0) is 42.8 Å². The van der Waals surface area contributed by atoms with Crippen LogP contribution in [0.5, 0.6) is 11.5 Å². The molecule has 27 heavy (non-hydrogen) atoms. The highest BCUT2D eigenvalue weighted by Crippen LogP contribution is 2.25. The second-order valence-corrected chi connectivity index (χ2v) is 8.62. The quantitative estimate of drug-likeness (QED) is 0.582. The molecule has 0 saturated carbocycles. The van der Waals surface area contributed by atoms with E-state index in [1.165, 1.54) is 6.07 Å². The lowest BCUT2D eigenvalue weighted by atomic mass is 10.2. The van der Waals surface area contributed by atoms with Crippen molar-refractivity contribution in [3.05, 3.63) is 53.1 Å². The van der Waals surface area contributed by atoms with Gasteiger partial charge in [0.25, 0.3) is 0 Å². The minimum Gasteiger partial charge on any atom is -0.492 e. The van der Waals surface area contributed by atoms with Crippen molar-refractivity contribution in [2.24, 2.45) is 0 Å². The number of rotatable bonds is 10. The van der Waals surface area contributed by atoms with E-state index in [1.807, 2.05) is 19.1 Å². The second-order valence-electron chi connectivity index (χ2n) is 6.20. The molecule has 1 atom stereocenters. The summed E-state index contributed by atoms with van der Waals surface area (Å²) in [5, 5.41) is 13.7. The van der Waals surface area contributed by atoms with Crippen LogP contribution in [-0.4, -0.2) is 52.2 Å². The summed E-state index contributed by atoms with van der Waals surface area (Å²) in [6.07, 6.45) is 0.340. The molecule has 0 aliphatic rings. The number of aliphatic hydroxyl groups excluding tert-OH is 1. The minimum atomic E-state index is -3.40. The second kappa shape index (κ2) is 9.94. The Bertz CT molecular complexity index is 857. The summed E-state index contributed by atoms with van der Waals surface area (Å²) >= 11 is 5.88. The first-order valence-corrected chi connectivity index (χ1v) is 10.7. The Labute approximate surface area is 165 Å². The number of hydrogen-bond donors (Lipinski definition) is 2. The molecule has 0 radical (unpaired) electrons. The average molecular weight is 414 g/mol. The van der Waals surface area contributed by atoms with Crippen LogP contribution in [0.15, 0.2) is 47.4 Å². The SMILES string of the molecule is Cc1ccc(S(C)(=O)=O)c(OCC(O)CNCCOc2cccc(Cl)c2)c1. The zero-order valence-electron chi connectivity index (χ0n) is 15.3. The summed E-state index contributed by atoms with van der Waals surface area (Å²) in [6, 6.07) is 12.0. The average Bonchev–Trinajstić information content (AvgIpc) is 2.58. The summed E-state index contributed by atoms with van der Waals surface area (Å²) in [5.74, 6) is 0.932. The molecule has 0 aliphatic carbocycles. The van der Waals surface area contributed by atoms with E-state index in [1.54, 1.807) is 24.3 Å². The number of sulfone groups is 1. The number of aryl methyl sites for hydroxylation is 1. The number of halogens is 1. The van der Waals surface area contributed by atoms with Crippen molar-refractivity contribution in [1.82, 2.24) is 5.32 Å². The van der Waals surface area contributed by atoms with Gasteiger partial charge in [0.2, 0.25) is 0 Å². The van der Waals surface area contributed by atoms with Crippen LogP contribution in [0.3, 0.4) is 0 Å². The molecule has 8 heteroatoms. The fourth-order valence-electron chi connectivity index (χ4n) is 2.35. The molecular formula is C19H24ClNO5S. The van der Waals surface area contributed by atoms with Gasteiger partial charge >= 0.3 is 0 Å². The van der Waals surface area contributed by atoms with E-state index in [2.05, 4.69) is 5.32 Å². The predicted molar refractivity (Wildman–Crippen MR) is 106 cm³/mol. The molecule has 2 aromatic rings. The van der Waals surface area contributed by atoms with Gasteiger partial charge in [-0.3, -0.25) is 0 Å². The Kier molecular flexibility index (Phi) is 7.91. The Morgan fingerprint density at radius 2 is 1.96 bits per heavy atom. The lowest BCUT2D eigenvalue weighted by Crippen LogP contribution is -2.33. The maximum absolute atomic E-state index is 11.8. The van der Waals surface area contributed by atoms with Crippen LogP contribution in [0.25, 0.3) is 0 Å². The van der Waals surface area contributed by atoms with E-state index in [-0.39, 0.29) is 17.3 Å². The van der Waals surface area contributed by atoms with E-state index in [9.17, 15) is 13.5 Å². The third-order valence-electron chi connectivity index (χ3n) is 3.65. The molecule has 2 aromatic carbocycles. The molecule has 0 bridgehead atoms. The van der Waals surface area contributed by atoms with Gasteiger partial charge in [0.1, 0.15) is 35.7 Å². The number of benzene rings is 2. The van der Waals surface area contributed by atoms with E-state index in [4.69, 9.17) is 21.1 Å². The fourth-order valence-corrected chi connectivity index (χ4v) is 3.32. The Hall–Kier alpha value is -1.80. The summed E-state index contributed by atoms with van der Waals surface area (Å²) in [7, 11) is -3.40. The van der Waals surface area contributed by atoms with Crippen LogP contribution in [0, 0.1) is 6.92 Å². The molecule has 0 aliphatic heterocycles. The molecule has 2 rings (SSSR count). The van der Waals surface area contributed by atoms with Crippen LogP contribution in [0.4, 0.5) is 0 Å². The van der Waals surface area contributed by atoms with Gasteiger partial charge < -0.3 is 19.9 Å². The van der Waals surface area contributed by atoms with Crippen molar-refractivity contribution in [2.75, 3.05) is 32.6 Å². The van der Waals surface area contributed by atoms with E-state index < -0.39 is 15.9 Å². The van der Waals surface area contributed by atoms with Crippen LogP contribution in [0.2, 0.25) is 5.02 Å². The molecule has 1 unspecified atom stereocenters. The maximum Gasteiger partial charge on any atom is 0.179 e. The zero-order chi connectivity index (χ0) is 19.9. The molecule has 0 saturated heterocycles. The highest BCUT2D eigenvalue weighted by Gasteiger charge is 2.15. The Balaban J connectivity index is 1.74. The lowest BCUT2D eigenvalue weighted by Gasteiger charge is -2.15. The molecule has 0 fully saturated rings. The number of nitrogens with one attached hydrogen (secondary N) is 1. The maximum atomic E-state index is 11.8. The molecule has 0 spiro atoms. The molecule has 148 valence electrons. The van der Waals surface area contributed by atoms with Gasteiger partial charge in [0.15, 0.2) is 9.84 Å². The first-order valence-electron chi connectivity index (χ1n) is 8.46. The Morgan fingerprint density at radius 1 is 1.19 bits per heavy atom. The predicted octanol–water partition coefficient (Wildman–Crippen LogP) is 2.46. The van der Waals surface area contributed by atoms with Crippen LogP contribution in [0.1, 0.15) is 5.56 Å². The third-order valence-corrected chi connectivity index (χ3v) is 5.02. The molecule has 6 nitrogen and oxygen atoms in total. The van der Waals surface area contributed by atoms with Crippen molar-refractivity contribution in [3.63, 3.8) is 0 Å². The van der Waals surface area contributed by atoms with Crippen molar-refractivity contribution < 1.29 is 23.0 Å². The van der Waals surface area contributed by atoms with Crippen LogP contribution >= 0.6 is 11.6 Å². The van der Waals surface area contributed by atoms with Crippen molar-refractivity contribution >= 4 is 21.4 Å². The standard InChI is InChI=1S/C19H24ClNO5S/c1-14-6-7-19(27(2,23)24)18(10-14)26-13-16(22)12-21-8-9-25-17-5-3-4-15(20)11-17/h3-7,10-11,16,21-22H,8-9,12-13H2,1-2H3. The van der Waals surface area contributed by atoms with Gasteiger partial charge in [-0.1, -0.05) is 23.7 Å².